The van der Waals surface area contributed by atoms with Gasteiger partial charge in [0.25, 0.3) is 0 Å². The van der Waals surface area contributed by atoms with Crippen molar-refractivity contribution in [1.82, 2.24) is 5.32 Å². The fourth-order valence-electron chi connectivity index (χ4n) is 1.46. The number of aliphatic hydroxyl groups excluding tert-OH is 1. The van der Waals surface area contributed by atoms with Crippen molar-refractivity contribution in [1.29, 1.82) is 0 Å². The van der Waals surface area contributed by atoms with Gasteiger partial charge >= 0.3 is 0 Å². The largest absolute Gasteiger partial charge is 0.393 e. The van der Waals surface area contributed by atoms with Crippen LogP contribution < -0.4 is 5.32 Å². The molecule has 86 valence electrons. The van der Waals surface area contributed by atoms with Gasteiger partial charge in [-0.05, 0) is 45.4 Å². The van der Waals surface area contributed by atoms with E-state index in [-0.39, 0.29) is 6.10 Å². The van der Waals surface area contributed by atoms with E-state index in [4.69, 9.17) is 0 Å². The fourth-order valence-corrected chi connectivity index (χ4v) is 2.36. The summed E-state index contributed by atoms with van der Waals surface area (Å²) in [5.41, 5.74) is 0. The zero-order valence-electron chi connectivity index (χ0n) is 9.79. The summed E-state index contributed by atoms with van der Waals surface area (Å²) in [7, 11) is 0. The van der Waals surface area contributed by atoms with Crippen LogP contribution in [0.1, 0.15) is 42.5 Å². The molecular formula is C12H21NOS. The molecule has 0 spiro atoms. The van der Waals surface area contributed by atoms with Crippen LogP contribution in [0.15, 0.2) is 12.1 Å². The van der Waals surface area contributed by atoms with E-state index in [1.54, 1.807) is 0 Å². The Kier molecular flexibility index (Phi) is 5.29. The van der Waals surface area contributed by atoms with Crippen LogP contribution in [0.3, 0.4) is 0 Å². The number of aryl methyl sites for hydroxylation is 1. The lowest BCUT2D eigenvalue weighted by Gasteiger charge is -2.13. The summed E-state index contributed by atoms with van der Waals surface area (Å²) in [5.74, 6) is 0. The topological polar surface area (TPSA) is 32.3 Å². The van der Waals surface area contributed by atoms with Gasteiger partial charge in [-0.25, -0.2) is 0 Å². The van der Waals surface area contributed by atoms with Gasteiger partial charge in [0.1, 0.15) is 0 Å². The molecule has 1 aromatic heterocycles. The molecule has 0 fully saturated rings. The van der Waals surface area contributed by atoms with E-state index in [9.17, 15) is 5.11 Å². The Hall–Kier alpha value is -0.380. The van der Waals surface area contributed by atoms with Crippen LogP contribution in [0, 0.1) is 6.92 Å². The zero-order chi connectivity index (χ0) is 11.3. The van der Waals surface area contributed by atoms with Crippen molar-refractivity contribution in [2.24, 2.45) is 0 Å². The van der Waals surface area contributed by atoms with Crippen LogP contribution in [-0.2, 0) is 0 Å². The highest BCUT2D eigenvalue weighted by atomic mass is 32.1. The molecule has 2 nitrogen and oxygen atoms in total. The average molecular weight is 227 g/mol. The molecule has 1 heterocycles. The molecular weight excluding hydrogens is 206 g/mol. The van der Waals surface area contributed by atoms with Crippen LogP contribution in [0.5, 0.6) is 0 Å². The van der Waals surface area contributed by atoms with Gasteiger partial charge in [0, 0.05) is 15.8 Å². The van der Waals surface area contributed by atoms with Crippen LogP contribution in [-0.4, -0.2) is 17.8 Å². The summed E-state index contributed by atoms with van der Waals surface area (Å²) in [6.45, 7) is 7.19. The Bertz CT molecular complexity index is 285. The molecule has 3 heteroatoms. The summed E-state index contributed by atoms with van der Waals surface area (Å²) < 4.78 is 0. The molecule has 2 unspecified atom stereocenters. The van der Waals surface area contributed by atoms with Gasteiger partial charge in [0.05, 0.1) is 6.10 Å². The molecule has 1 aromatic rings. The first-order valence-electron chi connectivity index (χ1n) is 5.61. The second kappa shape index (κ2) is 6.26. The molecule has 0 aliphatic carbocycles. The van der Waals surface area contributed by atoms with Crippen molar-refractivity contribution in [2.75, 3.05) is 6.54 Å². The Morgan fingerprint density at radius 2 is 2.20 bits per heavy atom. The standard InChI is InChI=1S/C12H21NOS/c1-4-11(14)7-8-13-10(3)12-6-5-9(2)15-12/h5-6,10-11,13-14H,4,7-8H2,1-3H3. The summed E-state index contributed by atoms with van der Waals surface area (Å²) in [4.78, 5) is 2.73. The predicted molar refractivity (Wildman–Crippen MR) is 66.4 cm³/mol. The number of hydrogen-bond acceptors (Lipinski definition) is 3. The normalized spacial score (nSPS) is 15.2. The first kappa shape index (κ1) is 12.7. The predicted octanol–water partition coefficient (Wildman–Crippen LogP) is 2.87. The summed E-state index contributed by atoms with van der Waals surface area (Å²) >= 11 is 1.84. The first-order chi connectivity index (χ1) is 7.13. The smallest absolute Gasteiger partial charge is 0.0549 e. The summed E-state index contributed by atoms with van der Waals surface area (Å²) in [6.07, 6.45) is 1.52. The third kappa shape index (κ3) is 4.33. The van der Waals surface area contributed by atoms with Crippen LogP contribution in [0.4, 0.5) is 0 Å². The summed E-state index contributed by atoms with van der Waals surface area (Å²) in [5, 5.41) is 12.8. The number of rotatable bonds is 6. The van der Waals surface area contributed by atoms with Crippen molar-refractivity contribution in [3.8, 4) is 0 Å². The van der Waals surface area contributed by atoms with E-state index in [0.29, 0.717) is 6.04 Å². The fraction of sp³-hybridized carbons (Fsp3) is 0.667. The van der Waals surface area contributed by atoms with Crippen LogP contribution in [0.25, 0.3) is 0 Å². The summed E-state index contributed by atoms with van der Waals surface area (Å²) in [6, 6.07) is 4.72. The number of nitrogens with one attached hydrogen (secondary N) is 1. The molecule has 0 amide bonds. The minimum absolute atomic E-state index is 0.158. The highest BCUT2D eigenvalue weighted by molar-refractivity contribution is 7.12. The van der Waals surface area contributed by atoms with Crippen LogP contribution in [0.2, 0.25) is 0 Å². The lowest BCUT2D eigenvalue weighted by Crippen LogP contribution is -2.22. The number of aliphatic hydroxyl groups is 1. The van der Waals surface area contributed by atoms with Gasteiger partial charge in [-0.3, -0.25) is 0 Å². The van der Waals surface area contributed by atoms with Gasteiger partial charge < -0.3 is 10.4 Å². The Labute approximate surface area is 96.3 Å². The van der Waals surface area contributed by atoms with Gasteiger partial charge in [0.2, 0.25) is 0 Å². The van der Waals surface area contributed by atoms with Crippen molar-refractivity contribution >= 4 is 11.3 Å². The second-order valence-electron chi connectivity index (χ2n) is 3.97. The van der Waals surface area contributed by atoms with Crippen molar-refractivity contribution in [3.05, 3.63) is 21.9 Å². The SMILES string of the molecule is CCC(O)CCNC(C)c1ccc(C)s1. The van der Waals surface area contributed by atoms with Crippen molar-refractivity contribution < 1.29 is 5.11 Å². The van der Waals surface area contributed by atoms with E-state index < -0.39 is 0 Å². The zero-order valence-corrected chi connectivity index (χ0v) is 10.6. The van der Waals surface area contributed by atoms with E-state index in [2.05, 4.69) is 31.3 Å². The first-order valence-corrected chi connectivity index (χ1v) is 6.43. The van der Waals surface area contributed by atoms with E-state index in [1.165, 1.54) is 9.75 Å². The van der Waals surface area contributed by atoms with Gasteiger partial charge in [-0.2, -0.15) is 0 Å². The second-order valence-corrected chi connectivity index (χ2v) is 5.29. The molecule has 1 rings (SSSR count). The molecule has 0 saturated heterocycles. The number of hydrogen-bond donors (Lipinski definition) is 2. The van der Waals surface area contributed by atoms with Gasteiger partial charge in [-0.1, -0.05) is 6.92 Å². The number of thiophene rings is 1. The Balaban J connectivity index is 2.27. The molecule has 15 heavy (non-hydrogen) atoms. The van der Waals surface area contributed by atoms with Crippen molar-refractivity contribution in [2.45, 2.75) is 45.8 Å². The maximum absolute atomic E-state index is 9.41. The highest BCUT2D eigenvalue weighted by Crippen LogP contribution is 2.22. The maximum Gasteiger partial charge on any atom is 0.0549 e. The third-order valence-corrected chi connectivity index (χ3v) is 3.77. The lowest BCUT2D eigenvalue weighted by atomic mass is 10.2. The van der Waals surface area contributed by atoms with Gasteiger partial charge in [-0.15, -0.1) is 11.3 Å². The average Bonchev–Trinajstić information content (AvgIpc) is 2.64. The molecule has 0 radical (unpaired) electrons. The molecule has 2 N–H and O–H groups in total. The maximum atomic E-state index is 9.41. The molecule has 0 aromatic carbocycles. The van der Waals surface area contributed by atoms with E-state index in [1.807, 2.05) is 18.3 Å². The Morgan fingerprint density at radius 1 is 1.47 bits per heavy atom. The molecule has 0 aliphatic heterocycles. The minimum atomic E-state index is -0.158. The van der Waals surface area contributed by atoms with E-state index >= 15 is 0 Å². The molecule has 0 bridgehead atoms. The Morgan fingerprint density at radius 3 is 2.73 bits per heavy atom. The molecule has 2 atom stereocenters. The third-order valence-electron chi connectivity index (χ3n) is 2.59. The minimum Gasteiger partial charge on any atom is -0.393 e. The highest BCUT2D eigenvalue weighted by Gasteiger charge is 2.07. The van der Waals surface area contributed by atoms with Crippen molar-refractivity contribution in [3.63, 3.8) is 0 Å². The van der Waals surface area contributed by atoms with Gasteiger partial charge in [0.15, 0.2) is 0 Å². The lowest BCUT2D eigenvalue weighted by molar-refractivity contribution is 0.159. The molecule has 0 saturated carbocycles. The van der Waals surface area contributed by atoms with Crippen LogP contribution >= 0.6 is 11.3 Å². The monoisotopic (exact) mass is 227 g/mol. The molecule has 0 aliphatic rings. The quantitative estimate of drug-likeness (QED) is 0.783. The van der Waals surface area contributed by atoms with E-state index in [0.717, 1.165) is 19.4 Å².